The summed E-state index contributed by atoms with van der Waals surface area (Å²) < 4.78 is 5.73. The Kier molecular flexibility index (Phi) is 6.29. The lowest BCUT2D eigenvalue weighted by Crippen LogP contribution is -2.36. The summed E-state index contributed by atoms with van der Waals surface area (Å²) in [7, 11) is 0. The van der Waals surface area contributed by atoms with E-state index in [2.05, 4.69) is 10.6 Å². The number of hydrogen-bond acceptors (Lipinski definition) is 3. The molecule has 0 bridgehead atoms. The molecule has 0 aliphatic heterocycles. The van der Waals surface area contributed by atoms with Crippen molar-refractivity contribution in [3.05, 3.63) is 125 Å². The van der Waals surface area contributed by atoms with E-state index in [1.54, 1.807) is 6.26 Å². The molecule has 31 heavy (non-hydrogen) atoms. The Bertz CT molecular complexity index is 1120. The van der Waals surface area contributed by atoms with Crippen molar-refractivity contribution >= 4 is 11.6 Å². The number of anilines is 1. The van der Waals surface area contributed by atoms with Crippen molar-refractivity contribution in [1.29, 1.82) is 0 Å². The molecule has 1 amide bonds. The highest BCUT2D eigenvalue weighted by molar-refractivity contribution is 5.96. The number of rotatable bonds is 7. The molecule has 2 N–H and O–H groups in total. The molecule has 0 aliphatic rings. The summed E-state index contributed by atoms with van der Waals surface area (Å²) in [5.74, 6) is 0.638. The molecular weight excluding hydrogens is 384 g/mol. The molecular formula is C27H26N2O2. The first kappa shape index (κ1) is 20.6. The van der Waals surface area contributed by atoms with Crippen LogP contribution in [0, 0.1) is 13.8 Å². The predicted molar refractivity (Wildman–Crippen MR) is 124 cm³/mol. The lowest BCUT2D eigenvalue weighted by Gasteiger charge is -2.25. The van der Waals surface area contributed by atoms with Gasteiger partial charge in [-0.2, -0.15) is 0 Å². The van der Waals surface area contributed by atoms with Crippen molar-refractivity contribution in [2.75, 3.05) is 5.32 Å². The molecule has 1 heterocycles. The number of carbonyl (C=O) groups excluding carboxylic acids is 1. The second kappa shape index (κ2) is 9.45. The Labute approximate surface area is 182 Å². The molecule has 0 fully saturated rings. The van der Waals surface area contributed by atoms with Gasteiger partial charge in [0.2, 0.25) is 5.91 Å². The molecule has 0 radical (unpaired) electrons. The van der Waals surface area contributed by atoms with E-state index >= 15 is 0 Å². The van der Waals surface area contributed by atoms with Crippen LogP contribution in [0.15, 0.2) is 102 Å². The molecule has 2 atom stereocenters. The van der Waals surface area contributed by atoms with Crippen LogP contribution < -0.4 is 10.6 Å². The fourth-order valence-electron chi connectivity index (χ4n) is 3.65. The van der Waals surface area contributed by atoms with Crippen LogP contribution in [0.25, 0.3) is 0 Å². The zero-order valence-electron chi connectivity index (χ0n) is 17.7. The van der Waals surface area contributed by atoms with Gasteiger partial charge in [0.25, 0.3) is 0 Å². The zero-order valence-corrected chi connectivity index (χ0v) is 17.7. The van der Waals surface area contributed by atoms with Gasteiger partial charge in [0.15, 0.2) is 0 Å². The fourth-order valence-corrected chi connectivity index (χ4v) is 3.65. The maximum atomic E-state index is 13.5. The normalized spacial score (nSPS) is 12.8. The van der Waals surface area contributed by atoms with Crippen LogP contribution in [0.5, 0.6) is 0 Å². The number of aryl methyl sites for hydroxylation is 2. The smallest absolute Gasteiger partial charge is 0.246 e. The van der Waals surface area contributed by atoms with E-state index in [1.807, 2.05) is 105 Å². The summed E-state index contributed by atoms with van der Waals surface area (Å²) in [6.45, 7) is 4.01. The highest BCUT2D eigenvalue weighted by Crippen LogP contribution is 2.28. The van der Waals surface area contributed by atoms with Crippen LogP contribution in [0.2, 0.25) is 0 Å². The topological polar surface area (TPSA) is 54.3 Å². The minimum absolute atomic E-state index is 0.118. The molecule has 3 aromatic carbocycles. The first-order valence-electron chi connectivity index (χ1n) is 10.4. The van der Waals surface area contributed by atoms with Crippen molar-refractivity contribution < 1.29 is 9.21 Å². The Morgan fingerprint density at radius 3 is 2.13 bits per heavy atom. The number of nitrogens with one attached hydrogen (secondary N) is 2. The first-order chi connectivity index (χ1) is 15.1. The van der Waals surface area contributed by atoms with Gasteiger partial charge >= 0.3 is 0 Å². The molecule has 0 saturated heterocycles. The molecule has 0 unspecified atom stereocenters. The van der Waals surface area contributed by atoms with E-state index in [9.17, 15) is 4.79 Å². The molecule has 4 aromatic rings. The van der Waals surface area contributed by atoms with E-state index in [1.165, 1.54) is 0 Å². The number of benzene rings is 3. The van der Waals surface area contributed by atoms with Crippen molar-refractivity contribution in [2.24, 2.45) is 0 Å². The lowest BCUT2D eigenvalue weighted by molar-refractivity contribution is -0.118. The minimum atomic E-state index is -0.573. The highest BCUT2D eigenvalue weighted by Gasteiger charge is 2.27. The van der Waals surface area contributed by atoms with Crippen LogP contribution >= 0.6 is 0 Å². The van der Waals surface area contributed by atoms with Gasteiger partial charge in [-0.3, -0.25) is 10.1 Å². The van der Waals surface area contributed by atoms with Crippen LogP contribution in [-0.4, -0.2) is 5.91 Å². The Morgan fingerprint density at radius 2 is 1.48 bits per heavy atom. The Balaban J connectivity index is 1.69. The molecule has 4 rings (SSSR count). The summed E-state index contributed by atoms with van der Waals surface area (Å²) >= 11 is 0. The molecule has 4 nitrogen and oxygen atoms in total. The van der Waals surface area contributed by atoms with Crippen LogP contribution in [0.3, 0.4) is 0 Å². The average molecular weight is 411 g/mol. The van der Waals surface area contributed by atoms with Crippen molar-refractivity contribution in [2.45, 2.75) is 25.9 Å². The van der Waals surface area contributed by atoms with E-state index in [0.29, 0.717) is 0 Å². The molecule has 0 aliphatic carbocycles. The van der Waals surface area contributed by atoms with Crippen molar-refractivity contribution in [3.8, 4) is 0 Å². The zero-order chi connectivity index (χ0) is 21.6. The monoisotopic (exact) mass is 410 g/mol. The van der Waals surface area contributed by atoms with Crippen molar-refractivity contribution in [3.63, 3.8) is 0 Å². The average Bonchev–Trinajstić information content (AvgIpc) is 3.33. The summed E-state index contributed by atoms with van der Waals surface area (Å²) in [4.78, 5) is 13.5. The van der Waals surface area contributed by atoms with E-state index in [4.69, 9.17) is 4.42 Å². The number of hydrogen-bond donors (Lipinski definition) is 2. The largest absolute Gasteiger partial charge is 0.467 e. The maximum Gasteiger partial charge on any atom is 0.246 e. The summed E-state index contributed by atoms with van der Waals surface area (Å²) in [5.41, 5.74) is 4.86. The number of furan rings is 1. The lowest BCUT2D eigenvalue weighted by atomic mass is 9.99. The van der Waals surface area contributed by atoms with Gasteiger partial charge in [0.05, 0.1) is 12.3 Å². The quantitative estimate of drug-likeness (QED) is 0.395. The molecule has 4 heteroatoms. The van der Waals surface area contributed by atoms with Gasteiger partial charge in [-0.1, -0.05) is 72.8 Å². The second-order valence-corrected chi connectivity index (χ2v) is 7.68. The summed E-state index contributed by atoms with van der Waals surface area (Å²) in [6.07, 6.45) is 1.65. The third-order valence-electron chi connectivity index (χ3n) is 5.34. The third kappa shape index (κ3) is 4.93. The van der Waals surface area contributed by atoms with Gasteiger partial charge in [-0.15, -0.1) is 0 Å². The minimum Gasteiger partial charge on any atom is -0.467 e. The van der Waals surface area contributed by atoms with Crippen molar-refractivity contribution in [1.82, 2.24) is 5.32 Å². The maximum absolute atomic E-state index is 13.5. The summed E-state index contributed by atoms with van der Waals surface area (Å²) in [5, 5.41) is 6.66. The molecule has 0 spiro atoms. The molecule has 0 saturated carbocycles. The van der Waals surface area contributed by atoms with E-state index < -0.39 is 6.04 Å². The van der Waals surface area contributed by atoms with Gasteiger partial charge in [-0.05, 0) is 54.3 Å². The predicted octanol–water partition coefficient (Wildman–Crippen LogP) is 5.96. The molecule has 156 valence electrons. The van der Waals surface area contributed by atoms with Gasteiger partial charge in [0, 0.05) is 5.69 Å². The van der Waals surface area contributed by atoms with E-state index in [0.717, 1.165) is 33.7 Å². The third-order valence-corrected chi connectivity index (χ3v) is 5.34. The molecule has 1 aromatic heterocycles. The van der Waals surface area contributed by atoms with Crippen LogP contribution in [0.1, 0.15) is 40.1 Å². The number of carbonyl (C=O) groups is 1. The van der Waals surface area contributed by atoms with Crippen LogP contribution in [0.4, 0.5) is 5.69 Å². The Hall–Kier alpha value is -3.63. The highest BCUT2D eigenvalue weighted by atomic mass is 16.3. The van der Waals surface area contributed by atoms with E-state index in [-0.39, 0.29) is 11.9 Å². The number of amides is 1. The summed E-state index contributed by atoms with van der Waals surface area (Å²) in [6, 6.07) is 28.8. The van der Waals surface area contributed by atoms with Crippen LogP contribution in [-0.2, 0) is 4.79 Å². The SMILES string of the molecule is Cc1ccc(C)c(NC(=O)[C@H](N[C@@H](c2ccccc2)c2ccco2)c2ccccc2)c1. The van der Waals surface area contributed by atoms with Gasteiger partial charge in [-0.25, -0.2) is 0 Å². The van der Waals surface area contributed by atoms with Gasteiger partial charge < -0.3 is 9.73 Å². The Morgan fingerprint density at radius 1 is 0.806 bits per heavy atom. The van der Waals surface area contributed by atoms with Gasteiger partial charge in [0.1, 0.15) is 11.8 Å². The first-order valence-corrected chi connectivity index (χ1v) is 10.4. The standard InChI is InChI=1S/C27H26N2O2/c1-19-15-16-20(2)23(18-19)28-27(30)26(22-12-7-4-8-13-22)29-25(24-14-9-17-31-24)21-10-5-3-6-11-21/h3-18,25-26,29H,1-2H3,(H,28,30)/t25-,26+/m0/s1. The second-order valence-electron chi connectivity index (χ2n) is 7.68. The fraction of sp³-hybridized carbons (Fsp3) is 0.148.